The predicted octanol–water partition coefficient (Wildman–Crippen LogP) is 4.21. The minimum atomic E-state index is 0.800. The van der Waals surface area contributed by atoms with Crippen LogP contribution in [0, 0.1) is 25.7 Å². The molecular formula is C16H23N. The van der Waals surface area contributed by atoms with Crippen LogP contribution in [0.4, 0.5) is 5.69 Å². The lowest BCUT2D eigenvalue weighted by molar-refractivity contribution is 0.679. The summed E-state index contributed by atoms with van der Waals surface area (Å²) in [6.07, 6.45) is 6.05. The summed E-state index contributed by atoms with van der Waals surface area (Å²) in [6, 6.07) is 4.10. The van der Waals surface area contributed by atoms with Gasteiger partial charge in [0, 0.05) is 17.7 Å². The Balaban J connectivity index is 2.57. The lowest BCUT2D eigenvalue weighted by atomic mass is 10.0. The molecule has 2 N–H and O–H groups in total. The molecule has 1 aromatic carbocycles. The summed E-state index contributed by atoms with van der Waals surface area (Å²) in [6.45, 7) is 6.40. The molecule has 0 saturated heterocycles. The van der Waals surface area contributed by atoms with Crippen molar-refractivity contribution in [2.45, 2.75) is 52.9 Å². The van der Waals surface area contributed by atoms with Crippen LogP contribution in [0.1, 0.15) is 55.7 Å². The fraction of sp³-hybridized carbons (Fsp3) is 0.500. The van der Waals surface area contributed by atoms with E-state index in [-0.39, 0.29) is 0 Å². The first kappa shape index (κ1) is 13.6. The Bertz CT molecular complexity index is 421. The van der Waals surface area contributed by atoms with E-state index in [9.17, 15) is 0 Å². The molecule has 1 aromatic rings. The van der Waals surface area contributed by atoms with Crippen LogP contribution in [-0.4, -0.2) is 0 Å². The van der Waals surface area contributed by atoms with Crippen LogP contribution in [0.25, 0.3) is 0 Å². The van der Waals surface area contributed by atoms with Gasteiger partial charge in [0.1, 0.15) is 0 Å². The number of nitrogens with two attached hydrogens (primary N) is 1. The third-order valence-corrected chi connectivity index (χ3v) is 3.04. The second kappa shape index (κ2) is 7.01. The van der Waals surface area contributed by atoms with E-state index in [1.165, 1.54) is 36.8 Å². The van der Waals surface area contributed by atoms with Crippen molar-refractivity contribution in [1.29, 1.82) is 0 Å². The fourth-order valence-corrected chi connectivity index (χ4v) is 1.74. The van der Waals surface area contributed by atoms with Crippen molar-refractivity contribution in [2.24, 2.45) is 0 Å². The molecule has 0 heterocycles. The van der Waals surface area contributed by atoms with Crippen molar-refractivity contribution in [1.82, 2.24) is 0 Å². The maximum absolute atomic E-state index is 5.95. The highest BCUT2D eigenvalue weighted by molar-refractivity contribution is 5.59. The number of hydrogen-bond acceptors (Lipinski definition) is 1. The molecule has 1 rings (SSSR count). The van der Waals surface area contributed by atoms with Gasteiger partial charge in [0.2, 0.25) is 0 Å². The predicted molar refractivity (Wildman–Crippen MR) is 76.0 cm³/mol. The molecule has 0 spiro atoms. The summed E-state index contributed by atoms with van der Waals surface area (Å²) in [5.41, 5.74) is 10.2. The van der Waals surface area contributed by atoms with Gasteiger partial charge in [0.25, 0.3) is 0 Å². The molecule has 0 aliphatic heterocycles. The monoisotopic (exact) mass is 229 g/mol. The average Bonchev–Trinajstić information content (AvgIpc) is 2.30. The zero-order valence-electron chi connectivity index (χ0n) is 11.3. The SMILES string of the molecule is CCCCCCC#Cc1cc(C)c(C)cc1N. The van der Waals surface area contributed by atoms with E-state index < -0.39 is 0 Å². The van der Waals surface area contributed by atoms with Gasteiger partial charge in [-0.3, -0.25) is 0 Å². The molecule has 0 atom stereocenters. The standard InChI is InChI=1S/C16H23N/c1-4-5-6-7-8-9-10-15-11-13(2)14(3)12-16(15)17/h11-12H,4-8,17H2,1-3H3. The lowest BCUT2D eigenvalue weighted by Crippen LogP contribution is -1.93. The van der Waals surface area contributed by atoms with Gasteiger partial charge >= 0.3 is 0 Å². The first-order valence-corrected chi connectivity index (χ1v) is 6.50. The second-order valence-electron chi connectivity index (χ2n) is 4.64. The Morgan fingerprint density at radius 2 is 1.76 bits per heavy atom. The highest BCUT2D eigenvalue weighted by Gasteiger charge is 1.99. The van der Waals surface area contributed by atoms with Crippen LogP contribution in [0.2, 0.25) is 0 Å². The molecule has 0 unspecified atom stereocenters. The minimum absolute atomic E-state index is 0.800. The summed E-state index contributed by atoms with van der Waals surface area (Å²) in [5.74, 6) is 6.40. The van der Waals surface area contributed by atoms with Gasteiger partial charge in [-0.15, -0.1) is 0 Å². The largest absolute Gasteiger partial charge is 0.398 e. The van der Waals surface area contributed by atoms with Crippen molar-refractivity contribution >= 4 is 5.69 Å². The van der Waals surface area contributed by atoms with E-state index >= 15 is 0 Å². The van der Waals surface area contributed by atoms with Crippen molar-refractivity contribution in [2.75, 3.05) is 5.73 Å². The van der Waals surface area contributed by atoms with Gasteiger partial charge in [-0.1, -0.05) is 38.0 Å². The highest BCUT2D eigenvalue weighted by Crippen LogP contribution is 2.16. The first-order chi connectivity index (χ1) is 8.15. The van der Waals surface area contributed by atoms with Crippen molar-refractivity contribution < 1.29 is 0 Å². The molecule has 0 amide bonds. The van der Waals surface area contributed by atoms with Crippen molar-refractivity contribution in [3.8, 4) is 11.8 Å². The topological polar surface area (TPSA) is 26.0 Å². The molecule has 17 heavy (non-hydrogen) atoms. The van der Waals surface area contributed by atoms with E-state index in [0.717, 1.165) is 17.7 Å². The molecule has 1 nitrogen and oxygen atoms in total. The Kier molecular flexibility index (Phi) is 5.63. The Morgan fingerprint density at radius 3 is 2.47 bits per heavy atom. The van der Waals surface area contributed by atoms with E-state index in [0.29, 0.717) is 0 Å². The Hall–Kier alpha value is -1.42. The summed E-state index contributed by atoms with van der Waals surface area (Å²) in [4.78, 5) is 0. The van der Waals surface area contributed by atoms with E-state index in [4.69, 9.17) is 5.73 Å². The first-order valence-electron chi connectivity index (χ1n) is 6.50. The van der Waals surface area contributed by atoms with Gasteiger partial charge in [-0.25, -0.2) is 0 Å². The molecule has 0 radical (unpaired) electrons. The number of benzene rings is 1. The summed E-state index contributed by atoms with van der Waals surface area (Å²) >= 11 is 0. The third kappa shape index (κ3) is 4.53. The molecule has 0 saturated carbocycles. The molecule has 0 aliphatic rings. The second-order valence-corrected chi connectivity index (χ2v) is 4.64. The quantitative estimate of drug-likeness (QED) is 0.467. The van der Waals surface area contributed by atoms with Crippen LogP contribution >= 0.6 is 0 Å². The Morgan fingerprint density at radius 1 is 1.06 bits per heavy atom. The zero-order chi connectivity index (χ0) is 12.7. The van der Waals surface area contributed by atoms with Crippen LogP contribution in [-0.2, 0) is 0 Å². The van der Waals surface area contributed by atoms with Gasteiger partial charge in [-0.2, -0.15) is 0 Å². The van der Waals surface area contributed by atoms with Gasteiger partial charge in [0.05, 0.1) is 0 Å². The van der Waals surface area contributed by atoms with Crippen molar-refractivity contribution in [3.63, 3.8) is 0 Å². The van der Waals surface area contributed by atoms with Crippen molar-refractivity contribution in [3.05, 3.63) is 28.8 Å². The van der Waals surface area contributed by atoms with Crippen LogP contribution < -0.4 is 5.73 Å². The number of aryl methyl sites for hydroxylation is 2. The Labute approximate surface area is 105 Å². The summed E-state index contributed by atoms with van der Waals surface area (Å²) in [5, 5.41) is 0. The smallest absolute Gasteiger partial charge is 0.0477 e. The van der Waals surface area contributed by atoms with Gasteiger partial charge in [0.15, 0.2) is 0 Å². The maximum Gasteiger partial charge on any atom is 0.0477 e. The third-order valence-electron chi connectivity index (χ3n) is 3.04. The molecule has 0 aromatic heterocycles. The molecule has 0 aliphatic carbocycles. The number of rotatable bonds is 4. The minimum Gasteiger partial charge on any atom is -0.398 e. The average molecular weight is 229 g/mol. The number of hydrogen-bond donors (Lipinski definition) is 1. The molecule has 92 valence electrons. The number of nitrogen functional groups attached to an aromatic ring is 1. The van der Waals surface area contributed by atoms with E-state index in [1.807, 2.05) is 6.07 Å². The molecule has 1 heteroatoms. The molecule has 0 bridgehead atoms. The van der Waals surface area contributed by atoms with Gasteiger partial charge < -0.3 is 5.73 Å². The fourth-order valence-electron chi connectivity index (χ4n) is 1.74. The summed E-state index contributed by atoms with van der Waals surface area (Å²) in [7, 11) is 0. The summed E-state index contributed by atoms with van der Waals surface area (Å²) < 4.78 is 0. The highest BCUT2D eigenvalue weighted by atomic mass is 14.6. The van der Waals surface area contributed by atoms with Gasteiger partial charge in [-0.05, 0) is 43.5 Å². The maximum atomic E-state index is 5.95. The van der Waals surface area contributed by atoms with Crippen LogP contribution in [0.15, 0.2) is 12.1 Å². The van der Waals surface area contributed by atoms with E-state index in [2.05, 4.69) is 38.7 Å². The molecule has 0 fully saturated rings. The lowest BCUT2D eigenvalue weighted by Gasteiger charge is -2.03. The van der Waals surface area contributed by atoms with Crippen LogP contribution in [0.3, 0.4) is 0 Å². The zero-order valence-corrected chi connectivity index (χ0v) is 11.3. The molecular weight excluding hydrogens is 206 g/mol. The van der Waals surface area contributed by atoms with Crippen LogP contribution in [0.5, 0.6) is 0 Å². The number of unbranched alkanes of at least 4 members (excludes halogenated alkanes) is 4. The normalized spacial score (nSPS) is 9.82. The number of anilines is 1. The van der Waals surface area contributed by atoms with E-state index in [1.54, 1.807) is 0 Å².